The van der Waals surface area contributed by atoms with E-state index in [2.05, 4.69) is 11.9 Å². The van der Waals surface area contributed by atoms with E-state index in [4.69, 9.17) is 16.6 Å². The van der Waals surface area contributed by atoms with Crippen molar-refractivity contribution in [1.82, 2.24) is 18.9 Å². The molecule has 3 aromatic heterocycles. The molecule has 0 radical (unpaired) electrons. The Labute approximate surface area is 182 Å². The number of pyridine rings is 1. The molecule has 2 aromatic carbocycles. The number of aromatic nitrogens is 4. The Hall–Kier alpha value is -3.09. The van der Waals surface area contributed by atoms with Gasteiger partial charge in [0.05, 0.1) is 22.3 Å². The Bertz CT molecular complexity index is 1460. The second kappa shape index (κ2) is 7.63. The molecule has 0 fully saturated rings. The molecule has 7 heteroatoms. The van der Waals surface area contributed by atoms with Crippen molar-refractivity contribution < 1.29 is 0 Å². The van der Waals surface area contributed by atoms with E-state index >= 15 is 0 Å². The van der Waals surface area contributed by atoms with Gasteiger partial charge in [-0.25, -0.2) is 9.97 Å². The molecule has 0 saturated carbocycles. The van der Waals surface area contributed by atoms with E-state index in [0.29, 0.717) is 32.5 Å². The first kappa shape index (κ1) is 18.9. The molecule has 0 aliphatic rings. The number of aryl methyl sites for hydroxylation is 1. The average molecular weight is 433 g/mol. The van der Waals surface area contributed by atoms with Gasteiger partial charge in [-0.3, -0.25) is 9.36 Å². The smallest absolute Gasteiger partial charge is 0.266 e. The van der Waals surface area contributed by atoms with Gasteiger partial charge in [0.25, 0.3) is 5.56 Å². The lowest BCUT2D eigenvalue weighted by atomic mass is 10.2. The lowest BCUT2D eigenvalue weighted by molar-refractivity contribution is 0.819. The zero-order valence-electron chi connectivity index (χ0n) is 16.1. The molecule has 148 valence electrons. The van der Waals surface area contributed by atoms with Crippen LogP contribution < -0.4 is 5.56 Å². The van der Waals surface area contributed by atoms with E-state index in [-0.39, 0.29) is 5.56 Å². The molecule has 0 aliphatic carbocycles. The van der Waals surface area contributed by atoms with Crippen LogP contribution in [-0.2, 0) is 5.75 Å². The Kier molecular flexibility index (Phi) is 4.81. The summed E-state index contributed by atoms with van der Waals surface area (Å²) < 4.78 is 3.64. The summed E-state index contributed by atoms with van der Waals surface area (Å²) in [5, 5.41) is 1.75. The van der Waals surface area contributed by atoms with Crippen LogP contribution in [0.1, 0.15) is 11.3 Å². The van der Waals surface area contributed by atoms with Crippen molar-refractivity contribution in [3.8, 4) is 5.69 Å². The number of hydrogen-bond donors (Lipinski definition) is 0. The van der Waals surface area contributed by atoms with E-state index in [1.165, 1.54) is 17.3 Å². The van der Waals surface area contributed by atoms with Crippen molar-refractivity contribution >= 4 is 39.9 Å². The second-order valence-corrected chi connectivity index (χ2v) is 8.40. The molecule has 5 nitrogen and oxygen atoms in total. The fraction of sp³-hybridized carbons (Fsp3) is 0.0870. The first-order chi connectivity index (χ1) is 14.6. The van der Waals surface area contributed by atoms with Gasteiger partial charge in [-0.05, 0) is 48.9 Å². The van der Waals surface area contributed by atoms with Crippen molar-refractivity contribution in [2.45, 2.75) is 17.8 Å². The Balaban J connectivity index is 1.59. The second-order valence-electron chi connectivity index (χ2n) is 7.02. The van der Waals surface area contributed by atoms with E-state index in [1.54, 1.807) is 22.8 Å². The zero-order chi connectivity index (χ0) is 20.7. The molecule has 0 bridgehead atoms. The fourth-order valence-corrected chi connectivity index (χ4v) is 4.50. The summed E-state index contributed by atoms with van der Waals surface area (Å²) in [5.74, 6) is 0.589. The molecule has 5 aromatic rings. The van der Waals surface area contributed by atoms with Crippen molar-refractivity contribution in [1.29, 1.82) is 0 Å². The molecule has 0 atom stereocenters. The number of hydrogen-bond acceptors (Lipinski definition) is 4. The fourth-order valence-electron chi connectivity index (χ4n) is 3.42. The van der Waals surface area contributed by atoms with E-state index in [0.717, 1.165) is 11.3 Å². The van der Waals surface area contributed by atoms with Gasteiger partial charge in [0.2, 0.25) is 0 Å². The molecule has 0 amide bonds. The Morgan fingerprint density at radius 3 is 2.73 bits per heavy atom. The minimum absolute atomic E-state index is 0.115. The van der Waals surface area contributed by atoms with E-state index in [1.807, 2.05) is 59.3 Å². The molecule has 0 aliphatic heterocycles. The largest absolute Gasteiger partial charge is 0.307 e. The molecule has 30 heavy (non-hydrogen) atoms. The molecule has 3 heterocycles. The molecule has 5 rings (SSSR count). The number of benzene rings is 2. The monoisotopic (exact) mass is 432 g/mol. The third-order valence-electron chi connectivity index (χ3n) is 4.81. The van der Waals surface area contributed by atoms with Gasteiger partial charge in [-0.1, -0.05) is 47.6 Å². The highest BCUT2D eigenvalue weighted by Crippen LogP contribution is 2.25. The Morgan fingerprint density at radius 2 is 1.87 bits per heavy atom. The summed E-state index contributed by atoms with van der Waals surface area (Å²) in [4.78, 5) is 22.7. The summed E-state index contributed by atoms with van der Waals surface area (Å²) in [7, 11) is 0. The van der Waals surface area contributed by atoms with Crippen LogP contribution in [0.15, 0.2) is 83.0 Å². The van der Waals surface area contributed by atoms with Crippen molar-refractivity contribution in [3.05, 3.63) is 99.7 Å². The van der Waals surface area contributed by atoms with Crippen LogP contribution in [-0.4, -0.2) is 18.9 Å². The standard InChI is InChI=1S/C23H17ClN4OS/c1-15-9-10-21-25-17(13-27(21)12-15)14-30-23-26-20-8-3-2-7-19(20)22(29)28(23)18-6-4-5-16(24)11-18/h2-13H,14H2,1H3. The molecular formula is C23H17ClN4OS. The van der Waals surface area contributed by atoms with Gasteiger partial charge in [0, 0.05) is 23.2 Å². The van der Waals surface area contributed by atoms with Crippen LogP contribution in [0.3, 0.4) is 0 Å². The summed E-state index contributed by atoms with van der Waals surface area (Å²) >= 11 is 7.68. The summed E-state index contributed by atoms with van der Waals surface area (Å²) in [5.41, 5.74) is 4.24. The number of halogens is 1. The SMILES string of the molecule is Cc1ccc2nc(CSc3nc4ccccc4c(=O)n3-c3cccc(Cl)c3)cn2c1. The number of fused-ring (bicyclic) bond motifs is 2. The maximum absolute atomic E-state index is 13.3. The Morgan fingerprint density at radius 1 is 1.00 bits per heavy atom. The van der Waals surface area contributed by atoms with Crippen LogP contribution in [0.25, 0.3) is 22.2 Å². The minimum Gasteiger partial charge on any atom is -0.307 e. The van der Waals surface area contributed by atoms with E-state index < -0.39 is 0 Å². The lowest BCUT2D eigenvalue weighted by Gasteiger charge is -2.13. The minimum atomic E-state index is -0.115. The number of imidazole rings is 1. The average Bonchev–Trinajstić information content (AvgIpc) is 3.14. The third-order valence-corrected chi connectivity index (χ3v) is 6.02. The van der Waals surface area contributed by atoms with Gasteiger partial charge in [0.15, 0.2) is 5.16 Å². The molecule has 0 unspecified atom stereocenters. The van der Waals surface area contributed by atoms with Gasteiger partial charge in [-0.15, -0.1) is 0 Å². The quantitative estimate of drug-likeness (QED) is 0.286. The van der Waals surface area contributed by atoms with E-state index in [9.17, 15) is 4.79 Å². The maximum Gasteiger partial charge on any atom is 0.266 e. The molecular weight excluding hydrogens is 416 g/mol. The van der Waals surface area contributed by atoms with Crippen molar-refractivity contribution in [2.75, 3.05) is 0 Å². The molecule has 0 N–H and O–H groups in total. The summed E-state index contributed by atoms with van der Waals surface area (Å²) in [6, 6.07) is 18.7. The number of thioether (sulfide) groups is 1. The van der Waals surface area contributed by atoms with Gasteiger partial charge >= 0.3 is 0 Å². The predicted octanol–water partition coefficient (Wildman–Crippen LogP) is 5.29. The van der Waals surface area contributed by atoms with Crippen LogP contribution in [0.4, 0.5) is 0 Å². The highest BCUT2D eigenvalue weighted by molar-refractivity contribution is 7.98. The number of para-hydroxylation sites is 1. The normalized spacial score (nSPS) is 11.4. The molecule has 0 saturated heterocycles. The maximum atomic E-state index is 13.3. The highest BCUT2D eigenvalue weighted by Gasteiger charge is 2.14. The topological polar surface area (TPSA) is 52.2 Å². The van der Waals surface area contributed by atoms with Crippen molar-refractivity contribution in [3.63, 3.8) is 0 Å². The van der Waals surface area contributed by atoms with Crippen LogP contribution in [0.2, 0.25) is 5.02 Å². The number of rotatable bonds is 4. The van der Waals surface area contributed by atoms with Crippen molar-refractivity contribution in [2.24, 2.45) is 0 Å². The summed E-state index contributed by atoms with van der Waals surface area (Å²) in [6.45, 7) is 2.05. The third kappa shape index (κ3) is 3.49. The van der Waals surface area contributed by atoms with Gasteiger partial charge in [-0.2, -0.15) is 0 Å². The molecule has 0 spiro atoms. The zero-order valence-corrected chi connectivity index (χ0v) is 17.7. The number of nitrogens with zero attached hydrogens (tertiary/aromatic N) is 4. The summed E-state index contributed by atoms with van der Waals surface area (Å²) in [6.07, 6.45) is 4.06. The first-order valence-corrected chi connectivity index (χ1v) is 10.8. The predicted molar refractivity (Wildman–Crippen MR) is 122 cm³/mol. The van der Waals surface area contributed by atoms with Gasteiger partial charge in [0.1, 0.15) is 5.65 Å². The highest BCUT2D eigenvalue weighted by atomic mass is 35.5. The van der Waals surface area contributed by atoms with Gasteiger partial charge < -0.3 is 4.40 Å². The lowest BCUT2D eigenvalue weighted by Crippen LogP contribution is -2.21. The first-order valence-electron chi connectivity index (χ1n) is 9.43. The van der Waals surface area contributed by atoms with Crippen LogP contribution >= 0.6 is 23.4 Å². The van der Waals surface area contributed by atoms with Crippen LogP contribution in [0.5, 0.6) is 0 Å². The van der Waals surface area contributed by atoms with Crippen LogP contribution in [0, 0.1) is 6.92 Å².